The van der Waals surface area contributed by atoms with Crippen molar-refractivity contribution in [2.75, 3.05) is 13.1 Å². The Morgan fingerprint density at radius 2 is 1.65 bits per heavy atom. The van der Waals surface area contributed by atoms with Crippen LogP contribution in [0.25, 0.3) is 0 Å². The maximum atomic E-state index is 13.2. The second kappa shape index (κ2) is 6.14. The smallest absolute Gasteiger partial charge is 0.257 e. The van der Waals surface area contributed by atoms with Gasteiger partial charge in [0.25, 0.3) is 5.91 Å². The van der Waals surface area contributed by atoms with Crippen molar-refractivity contribution in [2.45, 2.75) is 57.4 Å². The number of amides is 2. The molecule has 5 fully saturated rings. The minimum Gasteiger partial charge on any atom is -0.472 e. The van der Waals surface area contributed by atoms with Crippen molar-refractivity contribution in [3.63, 3.8) is 0 Å². The van der Waals surface area contributed by atoms with Crippen molar-refractivity contribution >= 4 is 11.8 Å². The van der Waals surface area contributed by atoms with Crippen molar-refractivity contribution in [3.8, 4) is 0 Å². The summed E-state index contributed by atoms with van der Waals surface area (Å²) in [5.41, 5.74) is 0.541. The lowest BCUT2D eigenvalue weighted by molar-refractivity contribution is -0.147. The van der Waals surface area contributed by atoms with E-state index in [-0.39, 0.29) is 17.4 Å². The Kier molecular flexibility index (Phi) is 3.87. The molecule has 26 heavy (non-hydrogen) atoms. The zero-order valence-corrected chi connectivity index (χ0v) is 15.3. The van der Waals surface area contributed by atoms with Gasteiger partial charge < -0.3 is 14.6 Å². The van der Waals surface area contributed by atoms with Crippen LogP contribution in [0.15, 0.2) is 23.0 Å². The molecular weight excluding hydrogens is 328 g/mol. The number of carbonyl (C=O) groups excluding carboxylic acids is 2. The number of furan rings is 1. The average Bonchev–Trinajstić information content (AvgIpc) is 3.15. The third kappa shape index (κ3) is 2.76. The number of hydrogen-bond donors (Lipinski definition) is 1. The van der Waals surface area contributed by atoms with Crippen LogP contribution in [-0.4, -0.2) is 35.8 Å². The highest BCUT2D eigenvalue weighted by atomic mass is 16.3. The van der Waals surface area contributed by atoms with E-state index < -0.39 is 0 Å². The molecule has 5 nitrogen and oxygen atoms in total. The summed E-state index contributed by atoms with van der Waals surface area (Å²) in [5.74, 6) is 2.73. The molecule has 2 amide bonds. The maximum Gasteiger partial charge on any atom is 0.257 e. The Labute approximate surface area is 154 Å². The Balaban J connectivity index is 1.18. The molecule has 0 atom stereocenters. The van der Waals surface area contributed by atoms with Gasteiger partial charge >= 0.3 is 0 Å². The fourth-order valence-electron chi connectivity index (χ4n) is 6.52. The number of piperidine rings is 1. The molecule has 6 rings (SSSR count). The number of rotatable bonds is 3. The Morgan fingerprint density at radius 3 is 2.19 bits per heavy atom. The van der Waals surface area contributed by atoms with Gasteiger partial charge in [0.1, 0.15) is 6.26 Å². The fraction of sp³-hybridized carbons (Fsp3) is 0.714. The van der Waals surface area contributed by atoms with E-state index in [0.717, 1.165) is 49.9 Å². The standard InChI is InChI=1S/C21H28N2O3/c24-19(17-3-6-26-13-17)23-4-1-18(2-5-23)22-20(25)21-10-14-7-15(11-21)9-16(8-14)12-21/h3,6,13-16,18H,1-2,4-5,7-12H2,(H,22,25). The van der Waals surface area contributed by atoms with Crippen LogP contribution in [0.3, 0.4) is 0 Å². The molecule has 1 aliphatic heterocycles. The Hall–Kier alpha value is -1.78. The van der Waals surface area contributed by atoms with Crippen LogP contribution < -0.4 is 5.32 Å². The predicted molar refractivity (Wildman–Crippen MR) is 96.4 cm³/mol. The van der Waals surface area contributed by atoms with Gasteiger partial charge in [-0.15, -0.1) is 0 Å². The molecule has 1 saturated heterocycles. The van der Waals surface area contributed by atoms with Crippen molar-refractivity contribution in [1.29, 1.82) is 0 Å². The first kappa shape index (κ1) is 16.4. The van der Waals surface area contributed by atoms with Gasteiger partial charge in [0, 0.05) is 24.5 Å². The van der Waals surface area contributed by atoms with Crippen molar-refractivity contribution < 1.29 is 14.0 Å². The maximum absolute atomic E-state index is 13.2. The molecule has 1 aromatic heterocycles. The summed E-state index contributed by atoms with van der Waals surface area (Å²) < 4.78 is 5.01. The lowest BCUT2D eigenvalue weighted by Gasteiger charge is -2.56. The van der Waals surface area contributed by atoms with Crippen molar-refractivity contribution in [2.24, 2.45) is 23.2 Å². The third-order valence-electron chi connectivity index (χ3n) is 7.41. The number of likely N-dealkylation sites (tertiary alicyclic amines) is 1. The largest absolute Gasteiger partial charge is 0.472 e. The van der Waals surface area contributed by atoms with E-state index >= 15 is 0 Å². The van der Waals surface area contributed by atoms with E-state index in [0.29, 0.717) is 24.6 Å². The molecule has 5 aliphatic rings. The quantitative estimate of drug-likeness (QED) is 0.904. The minimum atomic E-state index is -0.0709. The lowest BCUT2D eigenvalue weighted by atomic mass is 9.49. The highest BCUT2D eigenvalue weighted by Gasteiger charge is 2.54. The van der Waals surface area contributed by atoms with E-state index in [1.54, 1.807) is 6.07 Å². The predicted octanol–water partition coefficient (Wildman–Crippen LogP) is 3.22. The summed E-state index contributed by atoms with van der Waals surface area (Å²) in [6, 6.07) is 1.92. The summed E-state index contributed by atoms with van der Waals surface area (Å²) in [5, 5.41) is 3.37. The normalized spacial score (nSPS) is 36.3. The van der Waals surface area contributed by atoms with Crippen LogP contribution in [0.2, 0.25) is 0 Å². The first-order valence-electron chi connectivity index (χ1n) is 10.2. The Bertz CT molecular complexity index is 653. The first-order valence-corrected chi connectivity index (χ1v) is 10.2. The molecule has 1 aromatic rings. The van der Waals surface area contributed by atoms with Crippen LogP contribution in [0.1, 0.15) is 61.7 Å². The van der Waals surface area contributed by atoms with E-state index in [9.17, 15) is 9.59 Å². The molecular formula is C21H28N2O3. The minimum absolute atomic E-state index is 0.0320. The van der Waals surface area contributed by atoms with Gasteiger partial charge in [0.05, 0.1) is 11.8 Å². The second-order valence-electron chi connectivity index (χ2n) is 9.25. The summed E-state index contributed by atoms with van der Waals surface area (Å²) in [4.78, 5) is 27.4. The van der Waals surface area contributed by atoms with Gasteiger partial charge in [-0.3, -0.25) is 9.59 Å². The molecule has 4 bridgehead atoms. The highest BCUT2D eigenvalue weighted by Crippen LogP contribution is 2.60. The zero-order chi connectivity index (χ0) is 17.7. The van der Waals surface area contributed by atoms with Crippen LogP contribution in [0.4, 0.5) is 0 Å². The van der Waals surface area contributed by atoms with Gasteiger partial charge in [-0.25, -0.2) is 0 Å². The van der Waals surface area contributed by atoms with Crippen LogP contribution in [-0.2, 0) is 4.79 Å². The van der Waals surface area contributed by atoms with Crippen LogP contribution in [0.5, 0.6) is 0 Å². The fourth-order valence-corrected chi connectivity index (χ4v) is 6.52. The highest BCUT2D eigenvalue weighted by molar-refractivity contribution is 5.93. The van der Waals surface area contributed by atoms with Gasteiger partial charge in [-0.05, 0) is 75.2 Å². The van der Waals surface area contributed by atoms with Gasteiger partial charge in [-0.2, -0.15) is 0 Å². The van der Waals surface area contributed by atoms with E-state index in [4.69, 9.17) is 4.42 Å². The van der Waals surface area contributed by atoms with E-state index in [1.807, 2.05) is 4.90 Å². The summed E-state index contributed by atoms with van der Waals surface area (Å²) in [6.45, 7) is 1.41. The van der Waals surface area contributed by atoms with Crippen LogP contribution in [0, 0.1) is 23.2 Å². The molecule has 0 radical (unpaired) electrons. The molecule has 4 saturated carbocycles. The van der Waals surface area contributed by atoms with Gasteiger partial charge in [-0.1, -0.05) is 0 Å². The van der Waals surface area contributed by atoms with Gasteiger partial charge in [0.2, 0.25) is 5.91 Å². The second-order valence-corrected chi connectivity index (χ2v) is 9.25. The molecule has 0 unspecified atom stereocenters. The summed E-state index contributed by atoms with van der Waals surface area (Å²) >= 11 is 0. The molecule has 0 aromatic carbocycles. The SMILES string of the molecule is O=C(c1ccoc1)N1CCC(NC(=O)C23CC4CC(CC(C4)C2)C3)CC1. The third-order valence-corrected chi connectivity index (χ3v) is 7.41. The molecule has 140 valence electrons. The van der Waals surface area contributed by atoms with Crippen molar-refractivity contribution in [3.05, 3.63) is 24.2 Å². The van der Waals surface area contributed by atoms with E-state index in [1.165, 1.54) is 31.8 Å². The number of hydrogen-bond acceptors (Lipinski definition) is 3. The number of nitrogens with zero attached hydrogens (tertiary/aromatic N) is 1. The number of carbonyl (C=O) groups is 2. The molecule has 1 N–H and O–H groups in total. The van der Waals surface area contributed by atoms with Gasteiger partial charge in [0.15, 0.2) is 0 Å². The average molecular weight is 356 g/mol. The topological polar surface area (TPSA) is 62.6 Å². The van der Waals surface area contributed by atoms with Crippen molar-refractivity contribution in [1.82, 2.24) is 10.2 Å². The molecule has 4 aliphatic carbocycles. The first-order chi connectivity index (χ1) is 12.6. The molecule has 5 heteroatoms. The molecule has 0 spiro atoms. The van der Waals surface area contributed by atoms with Crippen LogP contribution >= 0.6 is 0 Å². The van der Waals surface area contributed by atoms with E-state index in [2.05, 4.69) is 5.32 Å². The zero-order valence-electron chi connectivity index (χ0n) is 15.3. The monoisotopic (exact) mass is 356 g/mol. The number of nitrogens with one attached hydrogen (secondary N) is 1. The lowest BCUT2D eigenvalue weighted by Crippen LogP contribution is -2.56. The summed E-state index contributed by atoms with van der Waals surface area (Å²) in [6.07, 6.45) is 12.2. The molecule has 2 heterocycles. The summed E-state index contributed by atoms with van der Waals surface area (Å²) in [7, 11) is 0. The Morgan fingerprint density at radius 1 is 1.04 bits per heavy atom.